The minimum atomic E-state index is -0.235. The van der Waals surface area contributed by atoms with Gasteiger partial charge in [0.05, 0.1) is 19.8 Å². The van der Waals surface area contributed by atoms with Gasteiger partial charge in [-0.2, -0.15) is 0 Å². The second kappa shape index (κ2) is 7.68. The molecule has 0 saturated heterocycles. The van der Waals surface area contributed by atoms with Gasteiger partial charge in [-0.15, -0.1) is 0 Å². The van der Waals surface area contributed by atoms with Crippen LogP contribution in [0.25, 0.3) is 0 Å². The van der Waals surface area contributed by atoms with Crippen molar-refractivity contribution in [2.24, 2.45) is 0 Å². The predicted octanol–water partition coefficient (Wildman–Crippen LogP) is 1.74. The number of rotatable bonds is 7. The Morgan fingerprint density at radius 1 is 1.24 bits per heavy atom. The molecule has 1 N–H and O–H groups in total. The minimum Gasteiger partial charge on any atom is -0.494 e. The Labute approximate surface area is 102 Å². The van der Waals surface area contributed by atoms with Gasteiger partial charge in [-0.3, -0.25) is 4.79 Å². The molecular formula is C13H19NO3. The van der Waals surface area contributed by atoms with Crippen molar-refractivity contribution in [1.82, 2.24) is 5.32 Å². The molecule has 0 amide bonds. The summed E-state index contributed by atoms with van der Waals surface area (Å²) in [5.74, 6) is 0.618. The number of esters is 1. The summed E-state index contributed by atoms with van der Waals surface area (Å²) >= 11 is 0. The Morgan fingerprint density at radius 3 is 2.71 bits per heavy atom. The van der Waals surface area contributed by atoms with Crippen LogP contribution in [0.5, 0.6) is 5.75 Å². The third-order valence-electron chi connectivity index (χ3n) is 2.16. The molecule has 1 aromatic carbocycles. The van der Waals surface area contributed by atoms with Crippen LogP contribution in [0.3, 0.4) is 0 Å². The number of nitrogens with one attached hydrogen (secondary N) is 1. The molecule has 0 aliphatic heterocycles. The molecule has 1 rings (SSSR count). The smallest absolute Gasteiger partial charge is 0.319 e. The number of carbonyl (C=O) groups is 1. The van der Waals surface area contributed by atoms with Crippen LogP contribution in [0.2, 0.25) is 0 Å². The van der Waals surface area contributed by atoms with Gasteiger partial charge in [-0.25, -0.2) is 0 Å². The van der Waals surface area contributed by atoms with Crippen LogP contribution >= 0.6 is 0 Å². The lowest BCUT2D eigenvalue weighted by atomic mass is 10.2. The van der Waals surface area contributed by atoms with E-state index in [9.17, 15) is 4.79 Å². The first-order valence-electron chi connectivity index (χ1n) is 5.85. The van der Waals surface area contributed by atoms with Crippen LogP contribution in [0, 0.1) is 0 Å². The lowest BCUT2D eigenvalue weighted by Gasteiger charge is -2.10. The van der Waals surface area contributed by atoms with Crippen molar-refractivity contribution < 1.29 is 14.3 Å². The van der Waals surface area contributed by atoms with Crippen molar-refractivity contribution in [3.8, 4) is 5.75 Å². The van der Waals surface area contributed by atoms with E-state index < -0.39 is 0 Å². The zero-order valence-corrected chi connectivity index (χ0v) is 10.4. The Kier molecular flexibility index (Phi) is 6.10. The maximum Gasteiger partial charge on any atom is 0.319 e. The van der Waals surface area contributed by atoms with Crippen molar-refractivity contribution in [3.63, 3.8) is 0 Å². The Hall–Kier alpha value is -1.55. The SMILES string of the molecule is CCOC(=O)CNCc1ccccc1OCC. The van der Waals surface area contributed by atoms with Gasteiger partial charge in [-0.05, 0) is 19.9 Å². The number of ether oxygens (including phenoxy) is 2. The van der Waals surface area contributed by atoms with Crippen LogP contribution < -0.4 is 10.1 Å². The fraction of sp³-hybridized carbons (Fsp3) is 0.462. The molecule has 1 aromatic rings. The number of benzene rings is 1. The van der Waals surface area contributed by atoms with E-state index in [4.69, 9.17) is 9.47 Å². The summed E-state index contributed by atoms with van der Waals surface area (Å²) < 4.78 is 10.3. The topological polar surface area (TPSA) is 47.6 Å². The number of para-hydroxylation sites is 1. The molecular weight excluding hydrogens is 218 g/mol. The Bertz CT molecular complexity index is 352. The molecule has 0 spiro atoms. The van der Waals surface area contributed by atoms with E-state index in [1.165, 1.54) is 0 Å². The zero-order chi connectivity index (χ0) is 12.5. The summed E-state index contributed by atoms with van der Waals surface area (Å²) in [5.41, 5.74) is 1.04. The molecule has 0 saturated carbocycles. The summed E-state index contributed by atoms with van der Waals surface area (Å²) in [6.07, 6.45) is 0. The first-order chi connectivity index (χ1) is 8.27. The third-order valence-corrected chi connectivity index (χ3v) is 2.16. The summed E-state index contributed by atoms with van der Waals surface area (Å²) in [7, 11) is 0. The van der Waals surface area contributed by atoms with Gasteiger partial charge in [-0.1, -0.05) is 18.2 Å². The van der Waals surface area contributed by atoms with Gasteiger partial charge in [0.25, 0.3) is 0 Å². The van der Waals surface area contributed by atoms with Crippen LogP contribution in [-0.4, -0.2) is 25.7 Å². The third kappa shape index (κ3) is 4.87. The molecule has 0 aromatic heterocycles. The van der Waals surface area contributed by atoms with Gasteiger partial charge >= 0.3 is 5.97 Å². The van der Waals surface area contributed by atoms with Gasteiger partial charge in [0.2, 0.25) is 0 Å². The van der Waals surface area contributed by atoms with Gasteiger partial charge in [0.15, 0.2) is 0 Å². The number of hydrogen-bond donors (Lipinski definition) is 1. The lowest BCUT2D eigenvalue weighted by Crippen LogP contribution is -2.24. The van der Waals surface area contributed by atoms with E-state index in [0.717, 1.165) is 11.3 Å². The number of carbonyl (C=O) groups excluding carboxylic acids is 1. The van der Waals surface area contributed by atoms with Crippen molar-refractivity contribution in [2.75, 3.05) is 19.8 Å². The molecule has 0 radical (unpaired) electrons. The molecule has 17 heavy (non-hydrogen) atoms. The van der Waals surface area contributed by atoms with E-state index in [2.05, 4.69) is 5.32 Å². The highest BCUT2D eigenvalue weighted by Gasteiger charge is 2.04. The fourth-order valence-corrected chi connectivity index (χ4v) is 1.46. The molecule has 4 heteroatoms. The molecule has 0 unspecified atom stereocenters. The largest absolute Gasteiger partial charge is 0.494 e. The molecule has 0 atom stereocenters. The van der Waals surface area contributed by atoms with Crippen molar-refractivity contribution in [1.29, 1.82) is 0 Å². The molecule has 0 aliphatic carbocycles. The van der Waals surface area contributed by atoms with Crippen molar-refractivity contribution in [3.05, 3.63) is 29.8 Å². The fourth-order valence-electron chi connectivity index (χ4n) is 1.46. The van der Waals surface area contributed by atoms with Gasteiger partial charge in [0.1, 0.15) is 5.75 Å². The van der Waals surface area contributed by atoms with E-state index in [0.29, 0.717) is 19.8 Å². The van der Waals surface area contributed by atoms with Crippen LogP contribution in [0.1, 0.15) is 19.4 Å². The highest BCUT2D eigenvalue weighted by Crippen LogP contribution is 2.17. The molecule has 94 valence electrons. The second-order valence-electron chi connectivity index (χ2n) is 3.45. The Balaban J connectivity index is 2.43. The maximum atomic E-state index is 11.1. The average molecular weight is 237 g/mol. The minimum absolute atomic E-state index is 0.217. The van der Waals surface area contributed by atoms with Crippen LogP contribution in [0.15, 0.2) is 24.3 Å². The van der Waals surface area contributed by atoms with Crippen molar-refractivity contribution >= 4 is 5.97 Å². The van der Waals surface area contributed by atoms with E-state index in [1.807, 2.05) is 31.2 Å². The molecule has 0 bridgehead atoms. The van der Waals surface area contributed by atoms with E-state index in [1.54, 1.807) is 6.92 Å². The lowest BCUT2D eigenvalue weighted by molar-refractivity contribution is -0.142. The normalized spacial score (nSPS) is 10.0. The first-order valence-corrected chi connectivity index (χ1v) is 5.85. The summed E-state index contributed by atoms with van der Waals surface area (Å²) in [5, 5.41) is 3.03. The van der Waals surface area contributed by atoms with Gasteiger partial charge < -0.3 is 14.8 Å². The molecule has 0 heterocycles. The maximum absolute atomic E-state index is 11.1. The highest BCUT2D eigenvalue weighted by molar-refractivity contribution is 5.71. The predicted molar refractivity (Wildman–Crippen MR) is 66.0 cm³/mol. The quantitative estimate of drug-likeness (QED) is 0.734. The Morgan fingerprint density at radius 2 is 2.00 bits per heavy atom. The molecule has 0 aliphatic rings. The van der Waals surface area contributed by atoms with E-state index >= 15 is 0 Å². The second-order valence-corrected chi connectivity index (χ2v) is 3.45. The highest BCUT2D eigenvalue weighted by atomic mass is 16.5. The molecule has 4 nitrogen and oxygen atoms in total. The van der Waals surface area contributed by atoms with Crippen molar-refractivity contribution in [2.45, 2.75) is 20.4 Å². The standard InChI is InChI=1S/C13H19NO3/c1-3-16-12-8-6-5-7-11(12)9-14-10-13(15)17-4-2/h5-8,14H,3-4,9-10H2,1-2H3. The summed E-state index contributed by atoms with van der Waals surface area (Å²) in [6, 6.07) is 7.78. The zero-order valence-electron chi connectivity index (χ0n) is 10.4. The summed E-state index contributed by atoms with van der Waals surface area (Å²) in [6.45, 7) is 5.60. The van der Waals surface area contributed by atoms with E-state index in [-0.39, 0.29) is 12.5 Å². The monoisotopic (exact) mass is 237 g/mol. The van der Waals surface area contributed by atoms with Crippen LogP contribution in [0.4, 0.5) is 0 Å². The average Bonchev–Trinajstić information content (AvgIpc) is 2.32. The summed E-state index contributed by atoms with van der Waals surface area (Å²) in [4.78, 5) is 11.1. The number of hydrogen-bond acceptors (Lipinski definition) is 4. The molecule has 0 fully saturated rings. The van der Waals surface area contributed by atoms with Crippen LogP contribution in [-0.2, 0) is 16.1 Å². The van der Waals surface area contributed by atoms with Gasteiger partial charge in [0, 0.05) is 12.1 Å². The first kappa shape index (κ1) is 13.5.